The number of piperidine rings is 1. The first-order chi connectivity index (χ1) is 11.2. The summed E-state index contributed by atoms with van der Waals surface area (Å²) in [4.78, 5) is 13.7. The number of likely N-dealkylation sites (tertiary alicyclic amines) is 1. The van der Waals surface area contributed by atoms with Crippen molar-refractivity contribution in [3.63, 3.8) is 0 Å². The smallest absolute Gasteiger partial charge is 0.417 e. The van der Waals surface area contributed by atoms with Crippen LogP contribution in [0.4, 0.5) is 13.2 Å². The highest BCUT2D eigenvalue weighted by atomic mass is 19.4. The maximum atomic E-state index is 12.8. The van der Waals surface area contributed by atoms with E-state index in [0.717, 1.165) is 12.0 Å². The molecule has 1 aromatic rings. The Labute approximate surface area is 139 Å². The molecule has 7 heteroatoms. The average Bonchev–Trinajstić information content (AvgIpc) is 2.53. The van der Waals surface area contributed by atoms with Gasteiger partial charge in [-0.15, -0.1) is 0 Å². The summed E-state index contributed by atoms with van der Waals surface area (Å²) in [6.45, 7) is 2.38. The number of alkyl halides is 3. The van der Waals surface area contributed by atoms with E-state index in [1.165, 1.54) is 4.90 Å². The number of halogens is 3. The van der Waals surface area contributed by atoms with Crippen LogP contribution in [0, 0.1) is 0 Å². The van der Waals surface area contributed by atoms with Crippen LogP contribution in [0.3, 0.4) is 0 Å². The zero-order valence-electron chi connectivity index (χ0n) is 13.6. The Hall–Kier alpha value is -1.76. The van der Waals surface area contributed by atoms with Gasteiger partial charge in [-0.1, -0.05) is 19.1 Å². The molecule has 0 saturated carbocycles. The quantitative estimate of drug-likeness (QED) is 0.893. The molecule has 1 aliphatic heterocycles. The second kappa shape index (κ2) is 7.42. The highest BCUT2D eigenvalue weighted by Gasteiger charge is 2.54. The normalized spacial score (nSPS) is 17.6. The van der Waals surface area contributed by atoms with E-state index < -0.39 is 24.6 Å². The molecule has 0 atom stereocenters. The van der Waals surface area contributed by atoms with Crippen molar-refractivity contribution in [3.8, 4) is 5.75 Å². The fourth-order valence-corrected chi connectivity index (χ4v) is 2.66. The monoisotopic (exact) mass is 345 g/mol. The van der Waals surface area contributed by atoms with Crippen LogP contribution in [0.1, 0.15) is 31.7 Å². The number of nitrogens with zero attached hydrogens (tertiary/aromatic N) is 1. The summed E-state index contributed by atoms with van der Waals surface area (Å²) in [5.41, 5.74) is -1.93. The maximum Gasteiger partial charge on any atom is 0.417 e. The van der Waals surface area contributed by atoms with Crippen LogP contribution in [0.25, 0.3) is 0 Å². The Morgan fingerprint density at radius 1 is 1.33 bits per heavy atom. The van der Waals surface area contributed by atoms with Crippen molar-refractivity contribution in [2.24, 2.45) is 0 Å². The van der Waals surface area contributed by atoms with Crippen LogP contribution < -0.4 is 4.74 Å². The Balaban J connectivity index is 1.92. The highest BCUT2D eigenvalue weighted by Crippen LogP contribution is 2.38. The molecule has 4 nitrogen and oxygen atoms in total. The molecule has 0 unspecified atom stereocenters. The lowest BCUT2D eigenvalue weighted by atomic mass is 9.90. The summed E-state index contributed by atoms with van der Waals surface area (Å²) in [5.74, 6) is 0.430. The summed E-state index contributed by atoms with van der Waals surface area (Å²) in [6.07, 6.45) is -4.65. The number of rotatable bonds is 5. The van der Waals surface area contributed by atoms with Crippen LogP contribution in [0.5, 0.6) is 5.75 Å². The van der Waals surface area contributed by atoms with E-state index in [9.17, 15) is 23.1 Å². The van der Waals surface area contributed by atoms with Gasteiger partial charge in [-0.25, -0.2) is 0 Å². The number of hydrogen-bond donors (Lipinski definition) is 1. The fraction of sp³-hybridized carbons (Fsp3) is 0.588. The van der Waals surface area contributed by atoms with Gasteiger partial charge in [0.05, 0.1) is 13.0 Å². The Bertz CT molecular complexity index is 566. The highest BCUT2D eigenvalue weighted by molar-refractivity contribution is 5.79. The van der Waals surface area contributed by atoms with Crippen molar-refractivity contribution in [2.75, 3.05) is 19.7 Å². The SMILES string of the molecule is CCCOc1cccc(CC(=O)N2CCC(O)(C(F)(F)F)CC2)c1. The standard InChI is InChI=1S/C17H22F3NO3/c1-2-10-24-14-5-3-4-13(11-14)12-15(22)21-8-6-16(23,7-9-21)17(18,19)20/h3-5,11,23H,2,6-10,12H2,1H3. The van der Waals surface area contributed by atoms with E-state index in [4.69, 9.17) is 4.74 Å². The van der Waals surface area contributed by atoms with Crippen molar-refractivity contribution in [1.82, 2.24) is 4.90 Å². The van der Waals surface area contributed by atoms with Crippen LogP contribution in [0.15, 0.2) is 24.3 Å². The Kier molecular flexibility index (Phi) is 5.74. The zero-order valence-corrected chi connectivity index (χ0v) is 13.6. The lowest BCUT2D eigenvalue weighted by molar-refractivity contribution is -0.272. The summed E-state index contributed by atoms with van der Waals surface area (Å²) in [5, 5.41) is 9.64. The first kappa shape index (κ1) is 18.6. The lowest BCUT2D eigenvalue weighted by Gasteiger charge is -2.39. The molecule has 24 heavy (non-hydrogen) atoms. The van der Waals surface area contributed by atoms with Crippen molar-refractivity contribution in [1.29, 1.82) is 0 Å². The van der Waals surface area contributed by atoms with Gasteiger partial charge in [-0.05, 0) is 24.1 Å². The van der Waals surface area contributed by atoms with E-state index in [1.807, 2.05) is 6.92 Å². The number of amides is 1. The third-order valence-electron chi connectivity index (χ3n) is 4.20. The fourth-order valence-electron chi connectivity index (χ4n) is 2.66. The second-order valence-corrected chi connectivity index (χ2v) is 6.08. The van der Waals surface area contributed by atoms with Gasteiger partial charge in [0.2, 0.25) is 5.91 Å². The van der Waals surface area contributed by atoms with Crippen LogP contribution in [-0.4, -0.2) is 47.4 Å². The number of carbonyl (C=O) groups excluding carboxylic acids is 1. The Morgan fingerprint density at radius 3 is 2.58 bits per heavy atom. The van der Waals surface area contributed by atoms with Crippen molar-refractivity contribution in [3.05, 3.63) is 29.8 Å². The maximum absolute atomic E-state index is 12.8. The molecule has 0 aliphatic carbocycles. The van der Waals surface area contributed by atoms with Crippen LogP contribution in [-0.2, 0) is 11.2 Å². The predicted octanol–water partition coefficient (Wildman–Crippen LogP) is 2.93. The summed E-state index contributed by atoms with van der Waals surface area (Å²) >= 11 is 0. The van der Waals surface area contributed by atoms with Gasteiger partial charge in [0.25, 0.3) is 0 Å². The summed E-state index contributed by atoms with van der Waals surface area (Å²) in [7, 11) is 0. The minimum Gasteiger partial charge on any atom is -0.494 e. The van der Waals surface area contributed by atoms with Gasteiger partial charge in [0.1, 0.15) is 5.75 Å². The van der Waals surface area contributed by atoms with E-state index in [0.29, 0.717) is 12.4 Å². The van der Waals surface area contributed by atoms with Crippen LogP contribution >= 0.6 is 0 Å². The van der Waals surface area contributed by atoms with Gasteiger partial charge < -0.3 is 14.7 Å². The topological polar surface area (TPSA) is 49.8 Å². The van der Waals surface area contributed by atoms with E-state index in [-0.39, 0.29) is 25.4 Å². The lowest BCUT2D eigenvalue weighted by Crippen LogP contribution is -2.54. The first-order valence-corrected chi connectivity index (χ1v) is 8.04. The predicted molar refractivity (Wildman–Crippen MR) is 82.8 cm³/mol. The second-order valence-electron chi connectivity index (χ2n) is 6.08. The zero-order chi connectivity index (χ0) is 17.8. The molecule has 0 bridgehead atoms. The molecule has 134 valence electrons. The molecular formula is C17H22F3NO3. The van der Waals surface area contributed by atoms with Crippen molar-refractivity contribution < 1.29 is 27.8 Å². The first-order valence-electron chi connectivity index (χ1n) is 8.04. The molecule has 1 aromatic carbocycles. The molecule has 0 radical (unpaired) electrons. The molecule has 0 aromatic heterocycles. The third kappa shape index (κ3) is 4.41. The molecule has 1 N–H and O–H groups in total. The minimum absolute atomic E-state index is 0.0964. The molecular weight excluding hydrogens is 323 g/mol. The number of ether oxygens (including phenoxy) is 1. The Morgan fingerprint density at radius 2 is 2.00 bits per heavy atom. The molecule has 1 fully saturated rings. The molecule has 1 amide bonds. The average molecular weight is 345 g/mol. The molecule has 1 heterocycles. The van der Waals surface area contributed by atoms with E-state index >= 15 is 0 Å². The van der Waals surface area contributed by atoms with Crippen LogP contribution in [0.2, 0.25) is 0 Å². The summed E-state index contributed by atoms with van der Waals surface area (Å²) < 4.78 is 43.8. The van der Waals surface area contributed by atoms with Gasteiger partial charge in [-0.2, -0.15) is 13.2 Å². The van der Waals surface area contributed by atoms with Gasteiger partial charge in [0.15, 0.2) is 5.60 Å². The molecule has 1 aliphatic rings. The number of carbonyl (C=O) groups is 1. The number of benzene rings is 1. The number of aliphatic hydroxyl groups is 1. The van der Waals surface area contributed by atoms with Gasteiger partial charge >= 0.3 is 6.18 Å². The summed E-state index contributed by atoms with van der Waals surface area (Å²) in [6, 6.07) is 7.14. The minimum atomic E-state index is -4.66. The third-order valence-corrected chi connectivity index (χ3v) is 4.20. The van der Waals surface area contributed by atoms with Crippen molar-refractivity contribution in [2.45, 2.75) is 44.4 Å². The van der Waals surface area contributed by atoms with E-state index in [1.54, 1.807) is 24.3 Å². The van der Waals surface area contributed by atoms with E-state index in [2.05, 4.69) is 0 Å². The van der Waals surface area contributed by atoms with Gasteiger partial charge in [-0.3, -0.25) is 4.79 Å². The van der Waals surface area contributed by atoms with Gasteiger partial charge in [0, 0.05) is 25.9 Å². The van der Waals surface area contributed by atoms with Crippen molar-refractivity contribution >= 4 is 5.91 Å². The molecule has 1 saturated heterocycles. The number of hydrogen-bond acceptors (Lipinski definition) is 3. The molecule has 0 spiro atoms. The molecule has 2 rings (SSSR count). The largest absolute Gasteiger partial charge is 0.494 e.